The fourth-order valence-corrected chi connectivity index (χ4v) is 1.60. The Bertz CT molecular complexity index is 596. The highest BCUT2D eigenvalue weighted by Crippen LogP contribution is 2.27. The van der Waals surface area contributed by atoms with Crippen molar-refractivity contribution in [3.63, 3.8) is 0 Å². The molecular formula is C11H12N4O4. The van der Waals surface area contributed by atoms with Gasteiger partial charge in [-0.25, -0.2) is 0 Å². The van der Waals surface area contributed by atoms with Crippen molar-refractivity contribution >= 4 is 5.97 Å². The number of aromatic nitrogens is 4. The van der Waals surface area contributed by atoms with E-state index in [2.05, 4.69) is 15.5 Å². The highest BCUT2D eigenvalue weighted by molar-refractivity contribution is 5.69. The number of carboxylic acid groups (broad SMARTS) is 1. The van der Waals surface area contributed by atoms with Gasteiger partial charge in [-0.15, -0.1) is 5.10 Å². The number of tetrazole rings is 1. The average Bonchev–Trinajstić information content (AvgIpc) is 2.85. The van der Waals surface area contributed by atoms with Crippen LogP contribution in [0.3, 0.4) is 0 Å². The second kappa shape index (κ2) is 5.34. The summed E-state index contributed by atoms with van der Waals surface area (Å²) in [7, 11) is 3.04. The SMILES string of the molecule is COc1ccc(OC)c(-n2nnnc2CC(=O)O)c1. The van der Waals surface area contributed by atoms with Crippen LogP contribution in [0.2, 0.25) is 0 Å². The van der Waals surface area contributed by atoms with Crippen molar-refractivity contribution in [3.8, 4) is 17.2 Å². The van der Waals surface area contributed by atoms with E-state index < -0.39 is 5.97 Å². The topological polar surface area (TPSA) is 99.4 Å². The van der Waals surface area contributed by atoms with Crippen LogP contribution in [0.4, 0.5) is 0 Å². The van der Waals surface area contributed by atoms with E-state index in [1.807, 2.05) is 0 Å². The van der Waals surface area contributed by atoms with Crippen LogP contribution in [-0.2, 0) is 11.2 Å². The molecule has 0 aliphatic carbocycles. The Kier molecular flexibility index (Phi) is 3.60. The maximum Gasteiger partial charge on any atom is 0.311 e. The molecule has 0 spiro atoms. The molecule has 100 valence electrons. The number of hydrogen-bond acceptors (Lipinski definition) is 6. The smallest absolute Gasteiger partial charge is 0.311 e. The minimum atomic E-state index is -1.02. The molecule has 0 aliphatic rings. The van der Waals surface area contributed by atoms with Crippen LogP contribution in [0.15, 0.2) is 18.2 Å². The number of benzene rings is 1. The van der Waals surface area contributed by atoms with Crippen LogP contribution in [0.1, 0.15) is 5.82 Å². The molecule has 8 heteroatoms. The standard InChI is InChI=1S/C11H12N4O4/c1-18-7-3-4-9(19-2)8(5-7)15-10(6-11(16)17)12-13-14-15/h3-5H,6H2,1-2H3,(H,16,17). The molecule has 0 radical (unpaired) electrons. The molecule has 1 heterocycles. The van der Waals surface area contributed by atoms with E-state index in [1.165, 1.54) is 18.9 Å². The number of carboxylic acids is 1. The molecule has 8 nitrogen and oxygen atoms in total. The molecule has 1 aromatic heterocycles. The molecular weight excluding hydrogens is 252 g/mol. The van der Waals surface area contributed by atoms with Gasteiger partial charge in [-0.3, -0.25) is 4.79 Å². The van der Waals surface area contributed by atoms with Crippen LogP contribution in [0.25, 0.3) is 5.69 Å². The molecule has 0 saturated heterocycles. The predicted molar refractivity (Wildman–Crippen MR) is 63.6 cm³/mol. The van der Waals surface area contributed by atoms with Crippen molar-refractivity contribution < 1.29 is 19.4 Å². The lowest BCUT2D eigenvalue weighted by atomic mass is 10.2. The van der Waals surface area contributed by atoms with Crippen molar-refractivity contribution in [2.45, 2.75) is 6.42 Å². The van der Waals surface area contributed by atoms with Crippen LogP contribution in [0, 0.1) is 0 Å². The van der Waals surface area contributed by atoms with Crippen molar-refractivity contribution in [2.24, 2.45) is 0 Å². The molecule has 0 amide bonds. The monoisotopic (exact) mass is 264 g/mol. The number of nitrogens with zero attached hydrogens (tertiary/aromatic N) is 4. The molecule has 0 atom stereocenters. The number of methoxy groups -OCH3 is 2. The Morgan fingerprint density at radius 2 is 2.16 bits per heavy atom. The van der Waals surface area contributed by atoms with Gasteiger partial charge in [-0.05, 0) is 22.6 Å². The van der Waals surface area contributed by atoms with Gasteiger partial charge in [0.1, 0.15) is 23.6 Å². The Labute approximate surface area is 108 Å². The molecule has 2 aromatic rings. The van der Waals surface area contributed by atoms with Crippen molar-refractivity contribution in [1.29, 1.82) is 0 Å². The second-order valence-corrected chi connectivity index (χ2v) is 3.62. The minimum Gasteiger partial charge on any atom is -0.497 e. The largest absolute Gasteiger partial charge is 0.497 e. The van der Waals surface area contributed by atoms with Crippen molar-refractivity contribution in [3.05, 3.63) is 24.0 Å². The highest BCUT2D eigenvalue weighted by Gasteiger charge is 2.16. The van der Waals surface area contributed by atoms with E-state index in [-0.39, 0.29) is 12.2 Å². The van der Waals surface area contributed by atoms with Gasteiger partial charge in [0.15, 0.2) is 5.82 Å². The van der Waals surface area contributed by atoms with E-state index in [1.54, 1.807) is 18.2 Å². The zero-order valence-corrected chi connectivity index (χ0v) is 10.4. The molecule has 1 aromatic carbocycles. The Balaban J connectivity index is 2.51. The zero-order valence-electron chi connectivity index (χ0n) is 10.4. The summed E-state index contributed by atoms with van der Waals surface area (Å²) in [5.74, 6) is 0.296. The number of rotatable bonds is 5. The third-order valence-corrected chi connectivity index (χ3v) is 2.46. The van der Waals surface area contributed by atoms with Gasteiger partial charge in [-0.1, -0.05) is 0 Å². The minimum absolute atomic E-state index is 0.207. The molecule has 0 bridgehead atoms. The van der Waals surface area contributed by atoms with Crippen LogP contribution < -0.4 is 9.47 Å². The summed E-state index contributed by atoms with van der Waals surface area (Å²) in [6.45, 7) is 0. The van der Waals surface area contributed by atoms with Gasteiger partial charge in [0.25, 0.3) is 0 Å². The summed E-state index contributed by atoms with van der Waals surface area (Å²) in [5.41, 5.74) is 0.517. The van der Waals surface area contributed by atoms with E-state index in [9.17, 15) is 4.79 Å². The predicted octanol–water partition coefficient (Wildman–Crippen LogP) is 0.307. The highest BCUT2D eigenvalue weighted by atomic mass is 16.5. The van der Waals surface area contributed by atoms with E-state index in [4.69, 9.17) is 14.6 Å². The maximum atomic E-state index is 10.8. The summed E-state index contributed by atoms with van der Waals surface area (Å²) in [4.78, 5) is 10.8. The lowest BCUT2D eigenvalue weighted by Crippen LogP contribution is -2.10. The average molecular weight is 264 g/mol. The van der Waals surface area contributed by atoms with Crippen LogP contribution in [-0.4, -0.2) is 45.5 Å². The number of aliphatic carboxylic acids is 1. The Morgan fingerprint density at radius 1 is 1.37 bits per heavy atom. The normalized spacial score (nSPS) is 10.2. The maximum absolute atomic E-state index is 10.8. The first-order valence-electron chi connectivity index (χ1n) is 5.37. The number of carbonyl (C=O) groups is 1. The fraction of sp³-hybridized carbons (Fsp3) is 0.273. The van der Waals surface area contributed by atoms with Gasteiger partial charge >= 0.3 is 5.97 Å². The summed E-state index contributed by atoms with van der Waals surface area (Å²) >= 11 is 0. The molecule has 2 rings (SSSR count). The third-order valence-electron chi connectivity index (χ3n) is 2.46. The second-order valence-electron chi connectivity index (χ2n) is 3.62. The number of hydrogen-bond donors (Lipinski definition) is 1. The molecule has 0 saturated carbocycles. The molecule has 0 aliphatic heterocycles. The zero-order chi connectivity index (χ0) is 13.8. The van der Waals surface area contributed by atoms with Crippen molar-refractivity contribution in [2.75, 3.05) is 14.2 Å². The molecule has 0 fully saturated rings. The van der Waals surface area contributed by atoms with Gasteiger partial charge in [0.2, 0.25) is 0 Å². The molecule has 19 heavy (non-hydrogen) atoms. The van der Waals surface area contributed by atoms with Crippen molar-refractivity contribution in [1.82, 2.24) is 20.2 Å². The Morgan fingerprint density at radius 3 is 2.79 bits per heavy atom. The third kappa shape index (κ3) is 2.62. The van der Waals surface area contributed by atoms with E-state index >= 15 is 0 Å². The van der Waals surface area contributed by atoms with Crippen LogP contribution in [0.5, 0.6) is 11.5 Å². The van der Waals surface area contributed by atoms with Crippen LogP contribution >= 0.6 is 0 Å². The summed E-state index contributed by atoms with van der Waals surface area (Å²) in [6, 6.07) is 5.09. The van der Waals surface area contributed by atoms with E-state index in [0.717, 1.165) is 0 Å². The first-order chi connectivity index (χ1) is 9.15. The summed E-state index contributed by atoms with van der Waals surface area (Å²) < 4.78 is 11.6. The molecule has 1 N–H and O–H groups in total. The summed E-state index contributed by atoms with van der Waals surface area (Å²) in [5, 5.41) is 19.8. The lowest BCUT2D eigenvalue weighted by molar-refractivity contribution is -0.136. The quantitative estimate of drug-likeness (QED) is 0.829. The first-order valence-corrected chi connectivity index (χ1v) is 5.37. The van der Waals surface area contributed by atoms with Gasteiger partial charge in [0.05, 0.1) is 14.2 Å². The Hall–Kier alpha value is -2.64. The van der Waals surface area contributed by atoms with Gasteiger partial charge in [0, 0.05) is 6.07 Å². The van der Waals surface area contributed by atoms with E-state index in [0.29, 0.717) is 17.2 Å². The lowest BCUT2D eigenvalue weighted by Gasteiger charge is -2.10. The first kappa shape index (κ1) is 12.8. The molecule has 0 unspecified atom stereocenters. The van der Waals surface area contributed by atoms with Gasteiger partial charge in [-0.2, -0.15) is 4.68 Å². The summed E-state index contributed by atoms with van der Waals surface area (Å²) in [6.07, 6.45) is -0.284. The fourth-order valence-electron chi connectivity index (χ4n) is 1.60. The number of ether oxygens (including phenoxy) is 2. The van der Waals surface area contributed by atoms with Gasteiger partial charge < -0.3 is 14.6 Å².